The van der Waals surface area contributed by atoms with Gasteiger partial charge < -0.3 is 10.3 Å². The third kappa shape index (κ3) is 4.06. The second-order valence-electron chi connectivity index (χ2n) is 4.72. The summed E-state index contributed by atoms with van der Waals surface area (Å²) < 4.78 is 0. The Morgan fingerprint density at radius 1 is 1.53 bits per heavy atom. The average molecular weight is 298 g/mol. The van der Waals surface area contributed by atoms with Crippen LogP contribution in [0, 0.1) is 0 Å². The van der Waals surface area contributed by atoms with Crippen molar-refractivity contribution in [1.82, 2.24) is 15.3 Å². The molecule has 5 heteroatoms. The van der Waals surface area contributed by atoms with Crippen LogP contribution in [0.5, 0.6) is 0 Å². The molecule has 1 atom stereocenters. The number of nitrogens with zero attached hydrogens (tertiary/aromatic N) is 1. The van der Waals surface area contributed by atoms with Gasteiger partial charge in [0.05, 0.1) is 5.69 Å². The Bertz CT molecular complexity index is 493. The molecule has 0 aliphatic heterocycles. The summed E-state index contributed by atoms with van der Waals surface area (Å²) in [7, 11) is 0. The maximum absolute atomic E-state index is 6.15. The Morgan fingerprint density at radius 3 is 3.05 bits per heavy atom. The van der Waals surface area contributed by atoms with Crippen LogP contribution < -0.4 is 5.32 Å². The molecule has 0 aromatic carbocycles. The lowest BCUT2D eigenvalue weighted by atomic mass is 10.2. The van der Waals surface area contributed by atoms with Gasteiger partial charge >= 0.3 is 0 Å². The first-order chi connectivity index (χ1) is 9.20. The van der Waals surface area contributed by atoms with Crippen molar-refractivity contribution >= 4 is 22.9 Å². The van der Waals surface area contributed by atoms with Gasteiger partial charge in [0.1, 0.15) is 5.82 Å². The van der Waals surface area contributed by atoms with Gasteiger partial charge in [0.25, 0.3) is 0 Å². The minimum absolute atomic E-state index is 0.324. The van der Waals surface area contributed by atoms with Crippen LogP contribution in [0.3, 0.4) is 0 Å². The van der Waals surface area contributed by atoms with E-state index in [-0.39, 0.29) is 0 Å². The fraction of sp³-hybridized carbons (Fsp3) is 0.500. The molecule has 0 aliphatic carbocycles. The molecule has 0 amide bonds. The van der Waals surface area contributed by atoms with Gasteiger partial charge in [0.2, 0.25) is 0 Å². The zero-order chi connectivity index (χ0) is 13.7. The molecule has 2 aromatic rings. The van der Waals surface area contributed by atoms with E-state index in [2.05, 4.69) is 46.0 Å². The quantitative estimate of drug-likeness (QED) is 0.799. The van der Waals surface area contributed by atoms with Gasteiger partial charge in [0.15, 0.2) is 5.15 Å². The number of aromatic nitrogens is 2. The van der Waals surface area contributed by atoms with Crippen molar-refractivity contribution in [2.24, 2.45) is 0 Å². The first kappa shape index (κ1) is 14.6. The fourth-order valence-corrected chi connectivity index (χ4v) is 2.88. The molecule has 3 nitrogen and oxygen atoms in total. The number of aryl methyl sites for hydroxylation is 1. The summed E-state index contributed by atoms with van der Waals surface area (Å²) in [5.74, 6) is 0.992. The molecule has 0 radical (unpaired) electrons. The number of halogens is 1. The van der Waals surface area contributed by atoms with E-state index in [0.717, 1.165) is 30.9 Å². The second-order valence-corrected chi connectivity index (χ2v) is 5.85. The van der Waals surface area contributed by atoms with Crippen molar-refractivity contribution in [1.29, 1.82) is 0 Å². The Balaban J connectivity index is 1.90. The number of nitrogens with one attached hydrogen (secondary N) is 2. The summed E-state index contributed by atoms with van der Waals surface area (Å²) >= 11 is 7.87. The molecule has 2 N–H and O–H groups in total. The second kappa shape index (κ2) is 7.08. The van der Waals surface area contributed by atoms with Gasteiger partial charge in [-0.1, -0.05) is 24.9 Å². The van der Waals surface area contributed by atoms with Crippen LogP contribution in [0.15, 0.2) is 16.8 Å². The molecule has 0 bridgehead atoms. The van der Waals surface area contributed by atoms with E-state index < -0.39 is 0 Å². The first-order valence-electron chi connectivity index (χ1n) is 6.69. The van der Waals surface area contributed by atoms with Crippen LogP contribution >= 0.6 is 22.9 Å². The van der Waals surface area contributed by atoms with Crippen LogP contribution in [0.2, 0.25) is 5.15 Å². The van der Waals surface area contributed by atoms with Crippen molar-refractivity contribution in [3.63, 3.8) is 0 Å². The molecule has 104 valence electrons. The topological polar surface area (TPSA) is 40.7 Å². The van der Waals surface area contributed by atoms with Crippen molar-refractivity contribution < 1.29 is 0 Å². The van der Waals surface area contributed by atoms with Gasteiger partial charge in [-0.2, -0.15) is 11.3 Å². The van der Waals surface area contributed by atoms with Crippen molar-refractivity contribution in [2.45, 2.75) is 45.7 Å². The maximum Gasteiger partial charge on any atom is 0.151 e. The van der Waals surface area contributed by atoms with Crippen LogP contribution in [0.4, 0.5) is 0 Å². The van der Waals surface area contributed by atoms with Crippen LogP contribution in [-0.4, -0.2) is 9.97 Å². The molecular weight excluding hydrogens is 278 g/mol. The van der Waals surface area contributed by atoms with Gasteiger partial charge in [0, 0.05) is 19.0 Å². The van der Waals surface area contributed by atoms with Crippen LogP contribution in [0.1, 0.15) is 49.8 Å². The number of imidazole rings is 1. The minimum atomic E-state index is 0.324. The highest BCUT2D eigenvalue weighted by molar-refractivity contribution is 7.07. The van der Waals surface area contributed by atoms with Crippen molar-refractivity contribution in [3.8, 4) is 0 Å². The molecule has 0 aliphatic rings. The highest BCUT2D eigenvalue weighted by Crippen LogP contribution is 2.18. The summed E-state index contributed by atoms with van der Waals surface area (Å²) in [5.41, 5.74) is 2.29. The molecule has 0 fully saturated rings. The molecule has 2 rings (SSSR count). The predicted molar refractivity (Wildman–Crippen MR) is 81.8 cm³/mol. The highest BCUT2D eigenvalue weighted by Gasteiger charge is 2.10. The van der Waals surface area contributed by atoms with Crippen LogP contribution in [0.25, 0.3) is 0 Å². The van der Waals surface area contributed by atoms with E-state index in [0.29, 0.717) is 11.2 Å². The normalized spacial score (nSPS) is 12.8. The standard InChI is InChI=1S/C14H20ClN3S/c1-3-4-5-13-17-12(14(15)18-13)8-16-10(2)11-6-7-19-9-11/h6-7,9-10,16H,3-5,8H2,1-2H3,(H,17,18). The van der Waals surface area contributed by atoms with E-state index in [9.17, 15) is 0 Å². The SMILES string of the molecule is CCCCc1nc(Cl)c(CNC(C)c2ccsc2)[nH]1. The predicted octanol–water partition coefficient (Wildman–Crippen LogP) is 4.32. The Morgan fingerprint density at radius 2 is 2.37 bits per heavy atom. The van der Waals surface area contributed by atoms with Gasteiger partial charge in [-0.15, -0.1) is 0 Å². The van der Waals surface area contributed by atoms with E-state index in [4.69, 9.17) is 11.6 Å². The molecular formula is C14H20ClN3S. The number of H-pyrrole nitrogens is 1. The Labute approximate surface area is 123 Å². The number of unbranched alkanes of at least 4 members (excludes halogenated alkanes) is 1. The third-order valence-corrected chi connectivity index (χ3v) is 4.19. The van der Waals surface area contributed by atoms with E-state index in [1.54, 1.807) is 11.3 Å². The van der Waals surface area contributed by atoms with Crippen molar-refractivity contribution in [2.75, 3.05) is 0 Å². The average Bonchev–Trinajstić information content (AvgIpc) is 3.03. The fourth-order valence-electron chi connectivity index (χ4n) is 1.91. The van der Waals surface area contributed by atoms with Crippen molar-refractivity contribution in [3.05, 3.63) is 39.1 Å². The molecule has 2 heterocycles. The minimum Gasteiger partial charge on any atom is -0.344 e. The van der Waals surface area contributed by atoms with E-state index in [1.165, 1.54) is 12.0 Å². The smallest absolute Gasteiger partial charge is 0.151 e. The first-order valence-corrected chi connectivity index (χ1v) is 8.01. The van der Waals surface area contributed by atoms with Gasteiger partial charge in [-0.05, 0) is 35.7 Å². The molecule has 1 unspecified atom stereocenters. The zero-order valence-electron chi connectivity index (χ0n) is 11.4. The van der Waals surface area contributed by atoms with Crippen LogP contribution in [-0.2, 0) is 13.0 Å². The Kier molecular flexibility index (Phi) is 5.43. The monoisotopic (exact) mass is 297 g/mol. The third-order valence-electron chi connectivity index (χ3n) is 3.17. The summed E-state index contributed by atoms with van der Waals surface area (Å²) in [6.07, 6.45) is 3.28. The summed E-state index contributed by atoms with van der Waals surface area (Å²) in [4.78, 5) is 7.67. The molecule has 2 aromatic heterocycles. The lowest BCUT2D eigenvalue weighted by molar-refractivity contribution is 0.569. The highest BCUT2D eigenvalue weighted by atomic mass is 35.5. The molecule has 0 spiro atoms. The number of rotatable bonds is 7. The van der Waals surface area contributed by atoms with E-state index >= 15 is 0 Å². The molecule has 0 saturated carbocycles. The number of hydrogen-bond donors (Lipinski definition) is 2. The van der Waals surface area contributed by atoms with E-state index in [1.807, 2.05) is 0 Å². The number of aromatic amines is 1. The largest absolute Gasteiger partial charge is 0.344 e. The summed E-state index contributed by atoms with van der Waals surface area (Å²) in [6.45, 7) is 5.05. The molecule has 19 heavy (non-hydrogen) atoms. The zero-order valence-corrected chi connectivity index (χ0v) is 12.9. The molecule has 0 saturated heterocycles. The number of thiophene rings is 1. The van der Waals surface area contributed by atoms with Gasteiger partial charge in [-0.3, -0.25) is 0 Å². The lowest BCUT2D eigenvalue weighted by Gasteiger charge is -2.11. The summed E-state index contributed by atoms with van der Waals surface area (Å²) in [5, 5.41) is 8.32. The Hall–Kier alpha value is -0.840. The lowest BCUT2D eigenvalue weighted by Crippen LogP contribution is -2.18. The summed E-state index contributed by atoms with van der Waals surface area (Å²) in [6, 6.07) is 2.47. The number of hydrogen-bond acceptors (Lipinski definition) is 3. The maximum atomic E-state index is 6.15. The van der Waals surface area contributed by atoms with Gasteiger partial charge in [-0.25, -0.2) is 4.98 Å².